The Hall–Kier alpha value is -3.88. The summed E-state index contributed by atoms with van der Waals surface area (Å²) in [7, 11) is 1.56. The molecular weight excluding hydrogens is 566 g/mol. The zero-order chi connectivity index (χ0) is 26.9. The van der Waals surface area contributed by atoms with Gasteiger partial charge >= 0.3 is 5.97 Å². The normalized spacial score (nSPS) is 10.8. The molecular formula is C30H26BrNO5S. The van der Waals surface area contributed by atoms with Crippen molar-refractivity contribution in [2.24, 2.45) is 0 Å². The highest BCUT2D eigenvalue weighted by Gasteiger charge is 2.19. The predicted octanol–water partition coefficient (Wildman–Crippen LogP) is 7.59. The van der Waals surface area contributed by atoms with Gasteiger partial charge in [-0.3, -0.25) is 4.79 Å². The fraction of sp³-hybridized carbons (Fsp3) is 0.133. The lowest BCUT2D eigenvalue weighted by Gasteiger charge is -2.13. The molecule has 0 saturated heterocycles. The summed E-state index contributed by atoms with van der Waals surface area (Å²) in [6.45, 7) is 2.38. The van der Waals surface area contributed by atoms with Crippen molar-refractivity contribution in [3.05, 3.63) is 106 Å². The minimum atomic E-state index is -0.482. The zero-order valence-corrected chi connectivity index (χ0v) is 23.3. The smallest absolute Gasteiger partial charge is 0.341 e. The standard InChI is InChI=1S/C30H26BrNO5S/c1-3-36-30(34)23-18-26(22-12-8-5-9-13-22)38-29(23)32-27(33)15-14-21-16-24(31)28(25(17-21)35-2)37-19-20-10-6-4-7-11-20/h4-18H,3,19H2,1-2H3,(H,32,33)/b15-14+. The number of carbonyl (C=O) groups excluding carboxylic acids is 2. The fourth-order valence-electron chi connectivity index (χ4n) is 3.62. The summed E-state index contributed by atoms with van der Waals surface area (Å²) in [5.41, 5.74) is 3.04. The Kier molecular flexibility index (Phi) is 9.35. The molecule has 1 N–H and O–H groups in total. The largest absolute Gasteiger partial charge is 0.493 e. The third-order valence-electron chi connectivity index (χ3n) is 5.43. The second-order valence-electron chi connectivity index (χ2n) is 8.07. The maximum absolute atomic E-state index is 12.8. The lowest BCUT2D eigenvalue weighted by Crippen LogP contribution is -2.11. The van der Waals surface area contributed by atoms with Gasteiger partial charge in [-0.05, 0) is 63.8 Å². The van der Waals surface area contributed by atoms with Crippen LogP contribution in [0.4, 0.5) is 5.00 Å². The molecule has 4 rings (SSSR count). The van der Waals surface area contributed by atoms with E-state index in [0.717, 1.165) is 21.6 Å². The SMILES string of the molecule is CCOC(=O)c1cc(-c2ccccc2)sc1NC(=O)/C=C/c1cc(Br)c(OCc2ccccc2)c(OC)c1. The predicted molar refractivity (Wildman–Crippen MR) is 155 cm³/mol. The van der Waals surface area contributed by atoms with Gasteiger partial charge in [-0.1, -0.05) is 60.7 Å². The summed E-state index contributed by atoms with van der Waals surface area (Å²) in [5.74, 6) is 0.247. The molecule has 0 aliphatic heterocycles. The van der Waals surface area contributed by atoms with Gasteiger partial charge in [0.25, 0.3) is 0 Å². The van der Waals surface area contributed by atoms with Crippen molar-refractivity contribution in [1.82, 2.24) is 0 Å². The summed E-state index contributed by atoms with van der Waals surface area (Å²) in [6, 6.07) is 24.9. The van der Waals surface area contributed by atoms with E-state index in [-0.39, 0.29) is 12.5 Å². The molecule has 0 bridgehead atoms. The molecule has 38 heavy (non-hydrogen) atoms. The van der Waals surface area contributed by atoms with Crippen molar-refractivity contribution >= 4 is 50.2 Å². The van der Waals surface area contributed by atoms with Crippen LogP contribution in [0.5, 0.6) is 11.5 Å². The lowest BCUT2D eigenvalue weighted by atomic mass is 10.1. The molecule has 1 heterocycles. The summed E-state index contributed by atoms with van der Waals surface area (Å²) in [6.07, 6.45) is 3.07. The number of hydrogen-bond donors (Lipinski definition) is 1. The average Bonchev–Trinajstić information content (AvgIpc) is 3.36. The first-order valence-electron chi connectivity index (χ1n) is 11.9. The molecule has 0 fully saturated rings. The number of anilines is 1. The van der Waals surface area contributed by atoms with Crippen molar-refractivity contribution in [3.63, 3.8) is 0 Å². The van der Waals surface area contributed by atoms with Crippen LogP contribution < -0.4 is 14.8 Å². The van der Waals surface area contributed by atoms with Gasteiger partial charge in [0.2, 0.25) is 5.91 Å². The molecule has 6 nitrogen and oxygen atoms in total. The van der Waals surface area contributed by atoms with E-state index in [0.29, 0.717) is 33.1 Å². The number of carbonyl (C=O) groups is 2. The summed E-state index contributed by atoms with van der Waals surface area (Å²) in [4.78, 5) is 26.2. The Morgan fingerprint density at radius 1 is 1.00 bits per heavy atom. The minimum Gasteiger partial charge on any atom is -0.493 e. The van der Waals surface area contributed by atoms with E-state index in [2.05, 4.69) is 21.2 Å². The Balaban J connectivity index is 1.50. The highest BCUT2D eigenvalue weighted by molar-refractivity contribution is 9.10. The molecule has 0 saturated carbocycles. The zero-order valence-electron chi connectivity index (χ0n) is 20.9. The van der Waals surface area contributed by atoms with Crippen LogP contribution in [0.25, 0.3) is 16.5 Å². The number of methoxy groups -OCH3 is 1. The van der Waals surface area contributed by atoms with Gasteiger partial charge in [0.05, 0.1) is 23.8 Å². The van der Waals surface area contributed by atoms with E-state index in [1.807, 2.05) is 66.7 Å². The van der Waals surface area contributed by atoms with Gasteiger partial charge in [0.15, 0.2) is 11.5 Å². The van der Waals surface area contributed by atoms with Gasteiger partial charge in [0, 0.05) is 11.0 Å². The van der Waals surface area contributed by atoms with E-state index in [1.165, 1.54) is 17.4 Å². The van der Waals surface area contributed by atoms with Crippen molar-refractivity contribution in [2.45, 2.75) is 13.5 Å². The van der Waals surface area contributed by atoms with E-state index in [9.17, 15) is 9.59 Å². The second kappa shape index (κ2) is 13.1. The number of hydrogen-bond acceptors (Lipinski definition) is 6. The van der Waals surface area contributed by atoms with Gasteiger partial charge in [-0.15, -0.1) is 11.3 Å². The summed E-state index contributed by atoms with van der Waals surface area (Å²) >= 11 is 4.87. The highest BCUT2D eigenvalue weighted by atomic mass is 79.9. The van der Waals surface area contributed by atoms with E-state index in [1.54, 1.807) is 32.2 Å². The number of rotatable bonds is 10. The van der Waals surface area contributed by atoms with Crippen molar-refractivity contribution in [1.29, 1.82) is 0 Å². The van der Waals surface area contributed by atoms with E-state index < -0.39 is 5.97 Å². The molecule has 0 aliphatic carbocycles. The Morgan fingerprint density at radius 2 is 1.71 bits per heavy atom. The Labute approximate surface area is 234 Å². The molecule has 0 unspecified atom stereocenters. The van der Waals surface area contributed by atoms with Crippen LogP contribution in [0.15, 0.2) is 89.4 Å². The van der Waals surface area contributed by atoms with Crippen LogP contribution >= 0.6 is 27.3 Å². The fourth-order valence-corrected chi connectivity index (χ4v) is 5.25. The first kappa shape index (κ1) is 27.2. The van der Waals surface area contributed by atoms with Crippen LogP contribution in [-0.4, -0.2) is 25.6 Å². The number of esters is 1. The molecule has 8 heteroatoms. The van der Waals surface area contributed by atoms with Crippen LogP contribution in [-0.2, 0) is 16.1 Å². The Bertz CT molecular complexity index is 1430. The first-order valence-corrected chi connectivity index (χ1v) is 13.5. The third kappa shape index (κ3) is 6.90. The maximum atomic E-state index is 12.8. The minimum absolute atomic E-state index is 0.240. The molecule has 194 valence electrons. The molecule has 1 aromatic heterocycles. The second-order valence-corrected chi connectivity index (χ2v) is 9.98. The van der Waals surface area contributed by atoms with Crippen molar-refractivity contribution < 1.29 is 23.8 Å². The number of thiophene rings is 1. The highest BCUT2D eigenvalue weighted by Crippen LogP contribution is 2.38. The van der Waals surface area contributed by atoms with Gasteiger partial charge < -0.3 is 19.5 Å². The molecule has 0 aliphatic rings. The number of ether oxygens (including phenoxy) is 3. The molecule has 1 amide bonds. The molecule has 0 atom stereocenters. The van der Waals surface area contributed by atoms with Gasteiger partial charge in [-0.2, -0.15) is 0 Å². The monoisotopic (exact) mass is 591 g/mol. The quantitative estimate of drug-likeness (QED) is 0.152. The molecule has 4 aromatic rings. The van der Waals surface area contributed by atoms with Crippen molar-refractivity contribution in [3.8, 4) is 21.9 Å². The molecule has 0 radical (unpaired) electrons. The topological polar surface area (TPSA) is 73.9 Å². The lowest BCUT2D eigenvalue weighted by molar-refractivity contribution is -0.111. The third-order valence-corrected chi connectivity index (χ3v) is 7.12. The number of nitrogens with one attached hydrogen (secondary N) is 1. The van der Waals surface area contributed by atoms with Crippen molar-refractivity contribution in [2.75, 3.05) is 19.0 Å². The summed E-state index contributed by atoms with van der Waals surface area (Å²) < 4.78 is 17.4. The summed E-state index contributed by atoms with van der Waals surface area (Å²) in [5, 5.41) is 3.26. The van der Waals surface area contributed by atoms with Crippen LogP contribution in [0.1, 0.15) is 28.4 Å². The van der Waals surface area contributed by atoms with Gasteiger partial charge in [-0.25, -0.2) is 4.79 Å². The first-order chi connectivity index (χ1) is 18.5. The van der Waals surface area contributed by atoms with Crippen LogP contribution in [0.2, 0.25) is 0 Å². The molecule has 0 spiro atoms. The number of amides is 1. The maximum Gasteiger partial charge on any atom is 0.341 e. The van der Waals surface area contributed by atoms with Gasteiger partial charge in [0.1, 0.15) is 11.6 Å². The van der Waals surface area contributed by atoms with E-state index >= 15 is 0 Å². The van der Waals surface area contributed by atoms with E-state index in [4.69, 9.17) is 14.2 Å². The Morgan fingerprint density at radius 3 is 2.39 bits per heavy atom. The number of benzene rings is 3. The molecule has 3 aromatic carbocycles. The number of halogens is 1. The van der Waals surface area contributed by atoms with Crippen LogP contribution in [0, 0.1) is 0 Å². The average molecular weight is 593 g/mol. The van der Waals surface area contributed by atoms with Crippen LogP contribution in [0.3, 0.4) is 0 Å².